The van der Waals surface area contributed by atoms with E-state index >= 15 is 0 Å². The highest BCUT2D eigenvalue weighted by Crippen LogP contribution is 2.39. The summed E-state index contributed by atoms with van der Waals surface area (Å²) < 4.78 is 15.9. The number of piperidine rings is 1. The van der Waals surface area contributed by atoms with Crippen LogP contribution in [-0.2, 0) is 4.74 Å². The number of fused-ring (bicyclic) bond motifs is 6. The molecule has 1 saturated heterocycles. The van der Waals surface area contributed by atoms with Crippen molar-refractivity contribution in [2.75, 3.05) is 41.2 Å². The van der Waals surface area contributed by atoms with Crippen LogP contribution in [0.25, 0.3) is 22.9 Å². The van der Waals surface area contributed by atoms with Crippen molar-refractivity contribution < 1.29 is 9.15 Å². The lowest BCUT2D eigenvalue weighted by atomic mass is 10.0. The molecule has 2 aromatic heterocycles. The van der Waals surface area contributed by atoms with E-state index in [1.807, 2.05) is 24.1 Å². The number of hydrogen-bond acceptors (Lipinski definition) is 9. The van der Waals surface area contributed by atoms with Gasteiger partial charge in [-0.25, -0.2) is 4.98 Å². The molecule has 1 saturated carbocycles. The molecule has 33 heavy (non-hydrogen) atoms. The van der Waals surface area contributed by atoms with E-state index in [1.54, 1.807) is 6.20 Å². The zero-order chi connectivity index (χ0) is 22.0. The Morgan fingerprint density at radius 1 is 1.03 bits per heavy atom. The second kappa shape index (κ2) is 9.23. The SMILES string of the molecule is c1cc2cc(n1)NCCCOC1CCN(CC1)c1cc(NSC3CC3)ccc1-c1nnc-2o1. The first-order valence-electron chi connectivity index (χ1n) is 11.8. The van der Waals surface area contributed by atoms with Gasteiger partial charge in [0.25, 0.3) is 0 Å². The molecule has 3 aliphatic heterocycles. The summed E-state index contributed by atoms with van der Waals surface area (Å²) in [7, 11) is 0. The average Bonchev–Trinajstić information content (AvgIpc) is 3.56. The molecule has 0 atom stereocenters. The van der Waals surface area contributed by atoms with Crippen molar-refractivity contribution >= 4 is 29.1 Å². The highest BCUT2D eigenvalue weighted by molar-refractivity contribution is 8.01. The van der Waals surface area contributed by atoms with E-state index in [1.165, 1.54) is 12.8 Å². The predicted molar refractivity (Wildman–Crippen MR) is 131 cm³/mol. The van der Waals surface area contributed by atoms with Crippen molar-refractivity contribution in [1.29, 1.82) is 0 Å². The summed E-state index contributed by atoms with van der Waals surface area (Å²) >= 11 is 1.82. The van der Waals surface area contributed by atoms with Gasteiger partial charge in [0.05, 0.1) is 17.4 Å². The van der Waals surface area contributed by atoms with Gasteiger partial charge in [0.2, 0.25) is 11.8 Å². The molecule has 3 aromatic rings. The Bertz CT molecular complexity index is 1110. The molecule has 1 aliphatic carbocycles. The molecule has 1 aromatic carbocycles. The maximum absolute atomic E-state index is 6.17. The van der Waals surface area contributed by atoms with Gasteiger partial charge in [0.15, 0.2) is 0 Å². The highest BCUT2D eigenvalue weighted by Gasteiger charge is 2.25. The van der Waals surface area contributed by atoms with Crippen LogP contribution in [0.15, 0.2) is 40.9 Å². The molecule has 7 rings (SSSR count). The lowest BCUT2D eigenvalue weighted by Crippen LogP contribution is -2.37. The summed E-state index contributed by atoms with van der Waals surface area (Å²) in [5, 5.41) is 12.9. The smallest absolute Gasteiger partial charge is 0.250 e. The fourth-order valence-corrected chi connectivity index (χ4v) is 5.09. The minimum atomic E-state index is 0.309. The van der Waals surface area contributed by atoms with E-state index in [4.69, 9.17) is 9.15 Å². The van der Waals surface area contributed by atoms with Gasteiger partial charge >= 0.3 is 0 Å². The Kier molecular flexibility index (Phi) is 5.82. The van der Waals surface area contributed by atoms with Crippen LogP contribution < -0.4 is 14.9 Å². The van der Waals surface area contributed by atoms with Gasteiger partial charge in [-0.2, -0.15) is 0 Å². The van der Waals surface area contributed by atoms with Gasteiger partial charge in [-0.15, -0.1) is 10.2 Å². The van der Waals surface area contributed by atoms with Crippen LogP contribution in [0.1, 0.15) is 32.1 Å². The summed E-state index contributed by atoms with van der Waals surface area (Å²) in [6, 6.07) is 10.3. The lowest BCUT2D eigenvalue weighted by Gasteiger charge is -2.34. The van der Waals surface area contributed by atoms with Gasteiger partial charge in [-0.3, -0.25) is 0 Å². The maximum atomic E-state index is 6.17. The zero-order valence-corrected chi connectivity index (χ0v) is 19.3. The number of benzene rings is 1. The fraction of sp³-hybridized carbons (Fsp3) is 0.458. The molecule has 6 bridgehead atoms. The van der Waals surface area contributed by atoms with Crippen molar-refractivity contribution in [3.05, 3.63) is 36.5 Å². The van der Waals surface area contributed by atoms with Gasteiger partial charge in [0, 0.05) is 48.9 Å². The topological polar surface area (TPSA) is 88.3 Å². The summed E-state index contributed by atoms with van der Waals surface area (Å²) in [5.41, 5.74) is 4.06. The molecule has 0 radical (unpaired) electrons. The highest BCUT2D eigenvalue weighted by atomic mass is 32.2. The molecular formula is C24H28N6O2S. The Morgan fingerprint density at radius 2 is 1.91 bits per heavy atom. The molecule has 0 spiro atoms. The second-order valence-electron chi connectivity index (χ2n) is 8.83. The Balaban J connectivity index is 1.36. The van der Waals surface area contributed by atoms with Crippen LogP contribution in [0.4, 0.5) is 17.2 Å². The number of nitrogens with one attached hydrogen (secondary N) is 2. The van der Waals surface area contributed by atoms with Crippen molar-refractivity contribution in [2.45, 2.75) is 43.5 Å². The van der Waals surface area contributed by atoms with E-state index in [0.29, 0.717) is 17.9 Å². The van der Waals surface area contributed by atoms with E-state index in [-0.39, 0.29) is 0 Å². The second-order valence-corrected chi connectivity index (χ2v) is 9.94. The van der Waals surface area contributed by atoms with Gasteiger partial charge in [-0.05, 0) is 74.4 Å². The van der Waals surface area contributed by atoms with Gasteiger partial charge in [0.1, 0.15) is 5.82 Å². The zero-order valence-electron chi connectivity index (χ0n) is 18.5. The number of nitrogens with zero attached hydrogens (tertiary/aromatic N) is 4. The minimum Gasteiger partial charge on any atom is -0.416 e. The lowest BCUT2D eigenvalue weighted by molar-refractivity contribution is 0.0370. The van der Waals surface area contributed by atoms with Crippen molar-refractivity contribution in [2.24, 2.45) is 0 Å². The number of aromatic nitrogens is 3. The third-order valence-corrected chi connectivity index (χ3v) is 7.45. The van der Waals surface area contributed by atoms with Crippen LogP contribution in [0.2, 0.25) is 0 Å². The Hall–Kier alpha value is -2.78. The molecule has 172 valence electrons. The molecule has 8 nitrogen and oxygen atoms in total. The van der Waals surface area contributed by atoms with Crippen LogP contribution in [-0.4, -0.2) is 52.8 Å². The van der Waals surface area contributed by atoms with Crippen molar-refractivity contribution in [3.63, 3.8) is 0 Å². The standard InChI is InChI=1S/C24H28N6O2S/c1-9-25-22-14-16(6-10-26-22)23-27-28-24(32-23)20-5-2-17(29-33-19-3-4-19)15-21(20)30-11-7-18(8-12-30)31-13-1/h2,5-6,10,14-15,18-19,29H,1,3-4,7-9,11-13H2,(H,25,26). The summed E-state index contributed by atoms with van der Waals surface area (Å²) in [6.07, 6.45) is 7.63. The van der Waals surface area contributed by atoms with Gasteiger partial charge in [-0.1, -0.05) is 0 Å². The first-order valence-corrected chi connectivity index (χ1v) is 12.7. The number of hydrogen-bond donors (Lipinski definition) is 2. The third-order valence-electron chi connectivity index (χ3n) is 6.29. The molecule has 2 fully saturated rings. The van der Waals surface area contributed by atoms with Crippen LogP contribution >= 0.6 is 11.9 Å². The Morgan fingerprint density at radius 3 is 2.79 bits per heavy atom. The normalized spacial score (nSPS) is 19.0. The largest absolute Gasteiger partial charge is 0.416 e. The molecular weight excluding hydrogens is 436 g/mol. The monoisotopic (exact) mass is 464 g/mol. The number of pyridine rings is 1. The summed E-state index contributed by atoms with van der Waals surface area (Å²) in [5.74, 6) is 1.84. The van der Waals surface area contributed by atoms with Gasteiger partial charge < -0.3 is 24.1 Å². The first-order chi connectivity index (χ1) is 16.3. The Labute approximate surface area is 197 Å². The third kappa shape index (κ3) is 4.79. The summed E-state index contributed by atoms with van der Waals surface area (Å²) in [6.45, 7) is 3.46. The molecule has 4 aliphatic rings. The van der Waals surface area contributed by atoms with E-state index in [0.717, 1.165) is 79.1 Å². The summed E-state index contributed by atoms with van der Waals surface area (Å²) in [4.78, 5) is 6.84. The fourth-order valence-electron chi connectivity index (χ4n) is 4.29. The molecule has 9 heteroatoms. The minimum absolute atomic E-state index is 0.309. The first kappa shape index (κ1) is 20.8. The van der Waals surface area contributed by atoms with E-state index < -0.39 is 0 Å². The van der Waals surface area contributed by atoms with Crippen molar-refractivity contribution in [3.8, 4) is 22.9 Å². The van der Waals surface area contributed by atoms with E-state index in [2.05, 4.69) is 48.3 Å². The molecule has 0 amide bonds. The van der Waals surface area contributed by atoms with Crippen LogP contribution in [0, 0.1) is 0 Å². The number of anilines is 3. The van der Waals surface area contributed by atoms with E-state index in [9.17, 15) is 0 Å². The quantitative estimate of drug-likeness (QED) is 0.530. The molecule has 5 heterocycles. The van der Waals surface area contributed by atoms with Crippen LogP contribution in [0.3, 0.4) is 0 Å². The van der Waals surface area contributed by atoms with Crippen molar-refractivity contribution in [1.82, 2.24) is 15.2 Å². The van der Waals surface area contributed by atoms with Crippen LogP contribution in [0.5, 0.6) is 0 Å². The maximum Gasteiger partial charge on any atom is 0.250 e. The average molecular weight is 465 g/mol. The number of rotatable bonds is 3. The molecule has 2 N–H and O–H groups in total. The predicted octanol–water partition coefficient (Wildman–Crippen LogP) is 4.82. The molecule has 0 unspecified atom stereocenters. The number of ether oxygens (including phenoxy) is 1.